The van der Waals surface area contributed by atoms with Crippen LogP contribution in [-0.4, -0.2) is 280 Å². The van der Waals surface area contributed by atoms with Crippen molar-refractivity contribution in [3.05, 3.63) is 35.4 Å². The number of carboxylic acids is 1. The Labute approximate surface area is 770 Å². The van der Waals surface area contributed by atoms with Crippen LogP contribution in [0.4, 0.5) is 17.8 Å². The van der Waals surface area contributed by atoms with Crippen LogP contribution in [0.25, 0.3) is 0 Å². The van der Waals surface area contributed by atoms with Gasteiger partial charge in [-0.1, -0.05) is 40.0 Å². The van der Waals surface area contributed by atoms with Gasteiger partial charge in [0.1, 0.15) is 12.1 Å². The lowest BCUT2D eigenvalue weighted by Gasteiger charge is -2.36. The molecular weight excluding hydrogens is 1790 g/mol. The summed E-state index contributed by atoms with van der Waals surface area (Å²) >= 11 is 3.75. The number of nitrogens with one attached hydrogen (secondary N) is 8. The molecule has 0 saturated carbocycles. The van der Waals surface area contributed by atoms with Crippen molar-refractivity contribution in [2.24, 2.45) is 17.8 Å². The van der Waals surface area contributed by atoms with Crippen LogP contribution < -0.4 is 85.7 Å². The van der Waals surface area contributed by atoms with Gasteiger partial charge < -0.3 is 90.8 Å². The standard InChI is InChI=1S/C86H132N14O25S5/c1-4-7-41-121-67-50-58(51-68(123-43-17-46-129(114,115)116)78(67)125-44-18-47-130(117,118)119)80(106)92-64(20-13-15-32-88-72(102)24-11-9-22-70-76-60(55-127-70)53-74(104)94-76)82(108)90-62-29-37-100(38-30-62)86-96-84(98-33-25-56(26-34-98)83(109)110)95-85(97-86)99-35-27-61(28-36-99)89-81(107)63(19-12-14-31-87-71(101)23-10-8-21-69-75-59(54-126-69)52-73(103)93-75)91-79(105)57-48-65(120-39-5-2)77(124-40-6-3)66(49-57)122-42-16-45-128(111,112)113/h48-51,56,59-64,69-70,75-76H,4-47,52-55H2,1-3H3,(H,87,101)(H,88,102)(H,89,107)(H,90,108)(H,91,105)(H,92,106)(H,93,103)(H,94,104)(H,109,110)(H,111,112,113)(H,114,115,116)(H,117,118,119). The number of carboxylic acid groups (broad SMARTS) is 1. The predicted octanol–water partition coefficient (Wildman–Crippen LogP) is 6.60. The fourth-order valence-corrected chi connectivity index (χ4v) is 21.7. The van der Waals surface area contributed by atoms with E-state index in [1.165, 1.54) is 24.3 Å². The number of amides is 8. The zero-order valence-electron chi connectivity index (χ0n) is 74.7. The van der Waals surface area contributed by atoms with Gasteiger partial charge in [0.05, 0.1) is 62.8 Å². The van der Waals surface area contributed by atoms with Gasteiger partial charge in [-0.3, -0.25) is 56.8 Å². The number of aliphatic carboxylic acids is 1. The summed E-state index contributed by atoms with van der Waals surface area (Å²) in [7, 11) is -13.1. The highest BCUT2D eigenvalue weighted by molar-refractivity contribution is 8.00. The summed E-state index contributed by atoms with van der Waals surface area (Å²) in [6.07, 6.45) is 12.9. The number of ether oxygens (including phenoxy) is 6. The molecule has 44 heteroatoms. The van der Waals surface area contributed by atoms with Crippen LogP contribution in [-0.2, 0) is 63.9 Å². The molecule has 7 fully saturated rings. The molecule has 0 spiro atoms. The topological polar surface area (TPSA) is 537 Å². The molecule has 8 unspecified atom stereocenters. The van der Waals surface area contributed by atoms with Crippen LogP contribution in [0.2, 0.25) is 0 Å². The molecule has 3 aromatic rings. The van der Waals surface area contributed by atoms with Crippen LogP contribution in [0.5, 0.6) is 34.5 Å². The highest BCUT2D eigenvalue weighted by Gasteiger charge is 2.45. The van der Waals surface area contributed by atoms with Crippen LogP contribution in [0, 0.1) is 17.8 Å². The van der Waals surface area contributed by atoms with Crippen LogP contribution in [0.1, 0.15) is 228 Å². The van der Waals surface area contributed by atoms with Gasteiger partial charge in [-0.2, -0.15) is 63.7 Å². The smallest absolute Gasteiger partial charge is 0.306 e. The van der Waals surface area contributed by atoms with Gasteiger partial charge in [0.2, 0.25) is 64.8 Å². The Hall–Kier alpha value is -8.69. The lowest BCUT2D eigenvalue weighted by molar-refractivity contribution is -0.142. The van der Waals surface area contributed by atoms with Crippen molar-refractivity contribution in [3.63, 3.8) is 0 Å². The summed E-state index contributed by atoms with van der Waals surface area (Å²) in [6.45, 7) is 8.34. The molecule has 8 amide bonds. The fourth-order valence-electron chi connectivity index (χ4n) is 16.9. The zero-order chi connectivity index (χ0) is 93.3. The molecule has 726 valence electrons. The number of benzene rings is 2. The summed E-state index contributed by atoms with van der Waals surface area (Å²) < 4.78 is 135. The molecule has 7 saturated heterocycles. The average Bonchev–Trinajstić information content (AvgIpc) is 1.05. The average molecular weight is 1920 g/mol. The largest absolute Gasteiger partial charge is 0.490 e. The predicted molar refractivity (Wildman–Crippen MR) is 489 cm³/mol. The molecule has 2 aromatic carbocycles. The van der Waals surface area contributed by atoms with E-state index in [-0.39, 0.29) is 160 Å². The van der Waals surface area contributed by atoms with E-state index in [4.69, 9.17) is 43.4 Å². The van der Waals surface area contributed by atoms with Crippen LogP contribution in [0.15, 0.2) is 24.3 Å². The van der Waals surface area contributed by atoms with Crippen molar-refractivity contribution in [2.45, 2.75) is 254 Å². The Morgan fingerprint density at radius 1 is 0.462 bits per heavy atom. The van der Waals surface area contributed by atoms with Crippen molar-refractivity contribution >= 4 is 125 Å². The molecule has 8 heterocycles. The Morgan fingerprint density at radius 3 is 1.18 bits per heavy atom. The molecule has 130 heavy (non-hydrogen) atoms. The molecule has 0 bridgehead atoms. The number of nitrogens with zero attached hydrogens (tertiary/aromatic N) is 6. The summed E-state index contributed by atoms with van der Waals surface area (Å²) in [5, 5.41) is 35.1. The zero-order valence-corrected chi connectivity index (χ0v) is 78.8. The monoisotopic (exact) mass is 1920 g/mol. The number of anilines is 3. The Bertz CT molecular complexity index is 4640. The van der Waals surface area contributed by atoms with Gasteiger partial charge in [-0.25, -0.2) is 0 Å². The van der Waals surface area contributed by atoms with Crippen molar-refractivity contribution in [1.29, 1.82) is 0 Å². The fraction of sp³-hybridized carbons (Fsp3) is 0.721. The van der Waals surface area contributed by atoms with Gasteiger partial charge in [0, 0.05) is 124 Å². The first-order valence-electron chi connectivity index (χ1n) is 46.1. The van der Waals surface area contributed by atoms with Crippen molar-refractivity contribution in [3.8, 4) is 34.5 Å². The van der Waals surface area contributed by atoms with Gasteiger partial charge in [-0.05, 0) is 189 Å². The van der Waals surface area contributed by atoms with E-state index >= 15 is 0 Å². The summed E-state index contributed by atoms with van der Waals surface area (Å²) in [6, 6.07) is 2.90. The maximum Gasteiger partial charge on any atom is 0.306 e. The van der Waals surface area contributed by atoms with E-state index in [9.17, 15) is 87.2 Å². The van der Waals surface area contributed by atoms with Crippen molar-refractivity contribution in [2.75, 3.05) is 135 Å². The minimum absolute atomic E-state index is 0.00466. The summed E-state index contributed by atoms with van der Waals surface area (Å²) in [5.41, 5.74) is -0.00322. The number of unbranched alkanes of at least 4 members (excludes halogenated alkanes) is 5. The summed E-state index contributed by atoms with van der Waals surface area (Å²) in [4.78, 5) is 143. The maximum absolute atomic E-state index is 14.9. The normalized spacial score (nSPS) is 20.1. The highest BCUT2D eigenvalue weighted by atomic mass is 32.2. The SMILES string of the molecule is CCCCOc1cc(C(=O)NC(CCCCNC(=O)CCCCC2SCC3CC(=O)NC32)C(=O)NC2CCN(c3nc(N4CCC(NC(=O)C(CCCCNC(=O)CCCCC5SCC6CC(=O)NC65)NC(=O)c5cc(OCCC)c(OCCC)c(OCCCS(=O)(=O)O)c5)CC4)nc(N4CCC(C(=O)O)CC4)n3)CC2)cc(OCCCS(=O)(=O)O)c1OCCCS(=O)(=O)O. The molecular formula is C86H132N14O25S5. The molecule has 7 aliphatic rings. The second-order valence-electron chi connectivity index (χ2n) is 34.4. The first-order chi connectivity index (χ1) is 62.3. The van der Waals surface area contributed by atoms with E-state index in [0.717, 1.165) is 37.2 Å². The van der Waals surface area contributed by atoms with Crippen LogP contribution in [0.3, 0.4) is 0 Å². The molecule has 0 aliphatic carbocycles. The lowest BCUT2D eigenvalue weighted by Crippen LogP contribution is -2.52. The number of rotatable bonds is 57. The summed E-state index contributed by atoms with van der Waals surface area (Å²) in [5.74, 6) is -1.79. The number of piperidine rings is 3. The third kappa shape index (κ3) is 33.8. The highest BCUT2D eigenvalue weighted by Crippen LogP contribution is 2.44. The number of hydrogen-bond acceptors (Lipinski definition) is 29. The number of fused-ring (bicyclic) bond motifs is 2. The van der Waals surface area contributed by atoms with Gasteiger partial charge in [0.15, 0.2) is 23.0 Å². The first-order valence-corrected chi connectivity index (χ1v) is 53.0. The Morgan fingerprint density at radius 2 is 0.815 bits per heavy atom. The van der Waals surface area contributed by atoms with E-state index in [1.54, 1.807) is 0 Å². The van der Waals surface area contributed by atoms with E-state index < -0.39 is 107 Å². The molecule has 1 aromatic heterocycles. The maximum atomic E-state index is 14.9. The molecule has 10 rings (SSSR count). The first kappa shape index (κ1) is 103. The number of aromatic nitrogens is 3. The molecule has 12 N–H and O–H groups in total. The van der Waals surface area contributed by atoms with Crippen molar-refractivity contribution < 1.29 is 116 Å². The minimum Gasteiger partial charge on any atom is -0.490 e. The second-order valence-corrected chi connectivity index (χ2v) is 41.7. The Balaban J connectivity index is 0.811. The van der Waals surface area contributed by atoms with Gasteiger partial charge >= 0.3 is 5.97 Å². The molecule has 0 radical (unpaired) electrons. The number of hydrogen-bond donors (Lipinski definition) is 12. The number of carbonyl (C=O) groups is 9. The van der Waals surface area contributed by atoms with Gasteiger partial charge in [-0.15, -0.1) is 0 Å². The number of carbonyl (C=O) groups excluding carboxylic acids is 8. The minimum atomic E-state index is -4.40. The third-order valence-corrected chi connectivity index (χ3v) is 29.6. The van der Waals surface area contributed by atoms with E-state index in [1.807, 2.05) is 59.0 Å². The quantitative estimate of drug-likeness (QED) is 0.0209. The molecule has 7 aliphatic heterocycles. The second kappa shape index (κ2) is 51.5. The lowest BCUT2D eigenvalue weighted by atomic mass is 9.97. The van der Waals surface area contributed by atoms with E-state index in [0.29, 0.717) is 214 Å². The van der Waals surface area contributed by atoms with Gasteiger partial charge in [0.25, 0.3) is 42.2 Å². The molecule has 39 nitrogen and oxygen atoms in total. The van der Waals surface area contributed by atoms with Crippen LogP contribution >= 0.6 is 23.5 Å². The third-order valence-electron chi connectivity index (χ3n) is 24.0. The molecule has 8 atom stereocenters. The Kier molecular flexibility index (Phi) is 41.0. The number of thioether (sulfide) groups is 2. The van der Waals surface area contributed by atoms with E-state index in [2.05, 4.69) is 42.5 Å². The van der Waals surface area contributed by atoms with Crippen molar-refractivity contribution in [1.82, 2.24) is 57.5 Å².